The number of amides is 1. The molecule has 0 spiro atoms. The molecule has 2 heterocycles. The van der Waals surface area contributed by atoms with Crippen molar-refractivity contribution in [2.75, 3.05) is 65.5 Å². The number of morpholine rings is 1. The Bertz CT molecular complexity index is 698. The zero-order chi connectivity index (χ0) is 21.5. The molecule has 1 aromatic rings. The average Bonchev–Trinajstić information content (AvgIpc) is 2.70. The number of ether oxygens (including phenoxy) is 1. The highest BCUT2D eigenvalue weighted by molar-refractivity contribution is 6.31. The second-order valence-electron chi connectivity index (χ2n) is 8.74. The van der Waals surface area contributed by atoms with Gasteiger partial charge in [-0.25, -0.2) is 4.39 Å². The van der Waals surface area contributed by atoms with E-state index in [1.54, 1.807) is 6.07 Å². The van der Waals surface area contributed by atoms with Gasteiger partial charge < -0.3 is 10.1 Å². The minimum Gasteiger partial charge on any atom is -0.374 e. The number of carbonyl (C=O) groups is 1. The Morgan fingerprint density at radius 3 is 2.63 bits per heavy atom. The van der Waals surface area contributed by atoms with Crippen molar-refractivity contribution in [2.24, 2.45) is 5.92 Å². The maximum atomic E-state index is 13.2. The summed E-state index contributed by atoms with van der Waals surface area (Å²) in [7, 11) is 0. The van der Waals surface area contributed by atoms with E-state index in [2.05, 4.69) is 33.9 Å². The molecule has 1 unspecified atom stereocenters. The summed E-state index contributed by atoms with van der Waals surface area (Å²) in [5.41, 5.74) is 0.934. The van der Waals surface area contributed by atoms with Crippen LogP contribution in [0, 0.1) is 11.7 Å². The van der Waals surface area contributed by atoms with Gasteiger partial charge in [0.1, 0.15) is 5.82 Å². The molecule has 1 amide bonds. The largest absolute Gasteiger partial charge is 0.374 e. The minimum absolute atomic E-state index is 0.0506. The highest BCUT2D eigenvalue weighted by atomic mass is 35.5. The van der Waals surface area contributed by atoms with Gasteiger partial charge in [0.2, 0.25) is 5.91 Å². The Morgan fingerprint density at radius 2 is 1.93 bits per heavy atom. The van der Waals surface area contributed by atoms with E-state index in [-0.39, 0.29) is 17.8 Å². The molecule has 0 aliphatic carbocycles. The molecule has 3 rings (SSSR count). The van der Waals surface area contributed by atoms with Gasteiger partial charge in [0.25, 0.3) is 0 Å². The second-order valence-corrected chi connectivity index (χ2v) is 9.15. The SMILES string of the molecule is CC(C)CN1CCOC(CNC(=O)CN2CCN(Cc3ccc(F)cc3Cl)CC2)C1. The molecule has 1 atom stereocenters. The van der Waals surface area contributed by atoms with Gasteiger partial charge in [-0.1, -0.05) is 31.5 Å². The summed E-state index contributed by atoms with van der Waals surface area (Å²) in [5, 5.41) is 3.50. The summed E-state index contributed by atoms with van der Waals surface area (Å²) in [5.74, 6) is 0.372. The van der Waals surface area contributed by atoms with Crippen molar-refractivity contribution in [2.45, 2.75) is 26.5 Å². The van der Waals surface area contributed by atoms with Crippen LogP contribution in [0.15, 0.2) is 18.2 Å². The Kier molecular flexibility index (Phi) is 8.89. The Labute approximate surface area is 184 Å². The van der Waals surface area contributed by atoms with E-state index in [0.717, 1.165) is 58.0 Å². The van der Waals surface area contributed by atoms with E-state index in [1.807, 2.05) is 0 Å². The van der Waals surface area contributed by atoms with Gasteiger partial charge in [-0.3, -0.25) is 19.5 Å². The lowest BCUT2D eigenvalue weighted by atomic mass is 10.2. The normalized spacial score (nSPS) is 21.8. The molecule has 0 aromatic heterocycles. The maximum absolute atomic E-state index is 13.2. The van der Waals surface area contributed by atoms with E-state index in [9.17, 15) is 9.18 Å². The quantitative estimate of drug-likeness (QED) is 0.670. The first-order valence-electron chi connectivity index (χ1n) is 10.9. The van der Waals surface area contributed by atoms with Crippen LogP contribution >= 0.6 is 11.6 Å². The van der Waals surface area contributed by atoms with Crippen LogP contribution in [-0.2, 0) is 16.1 Å². The van der Waals surface area contributed by atoms with Crippen LogP contribution in [-0.4, -0.2) is 92.2 Å². The molecule has 8 heteroatoms. The zero-order valence-electron chi connectivity index (χ0n) is 18.1. The van der Waals surface area contributed by atoms with Crippen LogP contribution in [0.3, 0.4) is 0 Å². The van der Waals surface area contributed by atoms with E-state index < -0.39 is 0 Å². The first kappa shape index (κ1) is 23.4. The van der Waals surface area contributed by atoms with Crippen LogP contribution < -0.4 is 5.32 Å². The molecule has 2 aliphatic rings. The summed E-state index contributed by atoms with van der Waals surface area (Å²) in [6, 6.07) is 4.54. The second kappa shape index (κ2) is 11.4. The number of carbonyl (C=O) groups excluding carboxylic acids is 1. The third-order valence-corrected chi connectivity index (χ3v) is 5.97. The fourth-order valence-corrected chi connectivity index (χ4v) is 4.30. The monoisotopic (exact) mass is 440 g/mol. The molecule has 1 N–H and O–H groups in total. The standard InChI is InChI=1S/C22H34ClFN4O2/c1-17(2)13-28-9-10-30-20(15-28)12-25-22(29)16-27-7-5-26(6-8-27)14-18-3-4-19(24)11-21(18)23/h3-4,11,17,20H,5-10,12-16H2,1-2H3,(H,25,29). The maximum Gasteiger partial charge on any atom is 0.234 e. The molecule has 0 saturated carbocycles. The third kappa shape index (κ3) is 7.46. The number of nitrogens with zero attached hydrogens (tertiary/aromatic N) is 3. The van der Waals surface area contributed by atoms with Crippen molar-refractivity contribution in [1.82, 2.24) is 20.0 Å². The minimum atomic E-state index is -0.314. The van der Waals surface area contributed by atoms with Gasteiger partial charge in [-0.05, 0) is 23.6 Å². The van der Waals surface area contributed by atoms with Crippen molar-refractivity contribution in [3.63, 3.8) is 0 Å². The summed E-state index contributed by atoms with van der Waals surface area (Å²) >= 11 is 6.14. The van der Waals surface area contributed by atoms with Crippen LogP contribution in [0.1, 0.15) is 19.4 Å². The summed E-state index contributed by atoms with van der Waals surface area (Å²) < 4.78 is 19.0. The van der Waals surface area contributed by atoms with Crippen molar-refractivity contribution >= 4 is 17.5 Å². The molecule has 2 saturated heterocycles. The van der Waals surface area contributed by atoms with Crippen LogP contribution in [0.4, 0.5) is 4.39 Å². The molecule has 0 bridgehead atoms. The highest BCUT2D eigenvalue weighted by Gasteiger charge is 2.23. The van der Waals surface area contributed by atoms with Crippen molar-refractivity contribution in [3.05, 3.63) is 34.6 Å². The van der Waals surface area contributed by atoms with Crippen molar-refractivity contribution < 1.29 is 13.9 Å². The highest BCUT2D eigenvalue weighted by Crippen LogP contribution is 2.19. The Hall–Kier alpha value is -1.25. The predicted octanol–water partition coefficient (Wildman–Crippen LogP) is 2.07. The average molecular weight is 441 g/mol. The number of piperazine rings is 1. The summed E-state index contributed by atoms with van der Waals surface area (Å²) in [4.78, 5) is 19.2. The van der Waals surface area contributed by atoms with Gasteiger partial charge in [0.05, 0.1) is 19.3 Å². The third-order valence-electron chi connectivity index (χ3n) is 5.61. The molecule has 168 valence electrons. The van der Waals surface area contributed by atoms with E-state index in [0.29, 0.717) is 30.6 Å². The zero-order valence-corrected chi connectivity index (χ0v) is 18.8. The molecule has 6 nitrogen and oxygen atoms in total. The first-order valence-corrected chi connectivity index (χ1v) is 11.3. The van der Waals surface area contributed by atoms with E-state index in [4.69, 9.17) is 16.3 Å². The number of benzene rings is 1. The smallest absolute Gasteiger partial charge is 0.234 e. The molecule has 1 aromatic carbocycles. The van der Waals surface area contributed by atoms with Crippen molar-refractivity contribution in [1.29, 1.82) is 0 Å². The van der Waals surface area contributed by atoms with Crippen molar-refractivity contribution in [3.8, 4) is 0 Å². The van der Waals surface area contributed by atoms with Gasteiger partial charge >= 0.3 is 0 Å². The number of hydrogen-bond acceptors (Lipinski definition) is 5. The summed E-state index contributed by atoms with van der Waals surface area (Å²) in [6.07, 6.45) is 0.0683. The fourth-order valence-electron chi connectivity index (χ4n) is 4.07. The molecule has 2 aliphatic heterocycles. The topological polar surface area (TPSA) is 48.1 Å². The fraction of sp³-hybridized carbons (Fsp3) is 0.682. The molecule has 2 fully saturated rings. The van der Waals surface area contributed by atoms with Gasteiger partial charge in [0.15, 0.2) is 0 Å². The molecular formula is C22H34ClFN4O2. The summed E-state index contributed by atoms with van der Waals surface area (Å²) in [6.45, 7) is 13.1. The van der Waals surface area contributed by atoms with Crippen LogP contribution in [0.25, 0.3) is 0 Å². The van der Waals surface area contributed by atoms with Crippen LogP contribution in [0.2, 0.25) is 5.02 Å². The number of halogens is 2. The first-order chi connectivity index (χ1) is 14.4. The van der Waals surface area contributed by atoms with E-state index in [1.165, 1.54) is 12.1 Å². The lowest BCUT2D eigenvalue weighted by Gasteiger charge is -2.35. The Balaban J connectivity index is 1.34. The lowest BCUT2D eigenvalue weighted by Crippen LogP contribution is -2.51. The molecular weight excluding hydrogens is 407 g/mol. The number of rotatable bonds is 8. The Morgan fingerprint density at radius 1 is 1.20 bits per heavy atom. The number of hydrogen-bond donors (Lipinski definition) is 1. The lowest BCUT2D eigenvalue weighted by molar-refractivity contribution is -0.124. The molecule has 0 radical (unpaired) electrons. The van der Waals surface area contributed by atoms with E-state index >= 15 is 0 Å². The number of nitrogens with one attached hydrogen (secondary N) is 1. The van der Waals surface area contributed by atoms with Gasteiger partial charge in [0, 0.05) is 63.9 Å². The van der Waals surface area contributed by atoms with Gasteiger partial charge in [-0.2, -0.15) is 0 Å². The molecule has 30 heavy (non-hydrogen) atoms. The van der Waals surface area contributed by atoms with Gasteiger partial charge in [-0.15, -0.1) is 0 Å². The van der Waals surface area contributed by atoms with Crippen LogP contribution in [0.5, 0.6) is 0 Å². The predicted molar refractivity (Wildman–Crippen MR) is 117 cm³/mol.